The molecule has 0 saturated carbocycles. The van der Waals surface area contributed by atoms with Gasteiger partial charge in [-0.3, -0.25) is 4.79 Å². The van der Waals surface area contributed by atoms with E-state index in [1.807, 2.05) is 19.9 Å². The number of methoxy groups -OCH3 is 2. The van der Waals surface area contributed by atoms with E-state index >= 15 is 0 Å². The minimum Gasteiger partial charge on any atom is -0.466 e. The standard InChI is InChI=1S/C16H26O5/c1-5-20-14(17)11-9-7-6-8-10-13-12-15(18-3)21-16(13,2)19-4/h6,8,12,15H,5,7,9-11H2,1-4H3. The van der Waals surface area contributed by atoms with Gasteiger partial charge in [-0.05, 0) is 44.8 Å². The Bertz CT molecular complexity index is 388. The molecule has 0 spiro atoms. The quantitative estimate of drug-likeness (QED) is 0.372. The van der Waals surface area contributed by atoms with Crippen molar-refractivity contribution in [2.45, 2.75) is 51.6 Å². The first-order valence-electron chi connectivity index (χ1n) is 7.33. The topological polar surface area (TPSA) is 54.0 Å². The maximum absolute atomic E-state index is 11.2. The summed E-state index contributed by atoms with van der Waals surface area (Å²) >= 11 is 0. The van der Waals surface area contributed by atoms with E-state index in [2.05, 4.69) is 12.2 Å². The van der Waals surface area contributed by atoms with Crippen LogP contribution >= 0.6 is 0 Å². The third kappa shape index (κ3) is 5.61. The van der Waals surface area contributed by atoms with Crippen molar-refractivity contribution in [3.05, 3.63) is 23.8 Å². The van der Waals surface area contributed by atoms with Gasteiger partial charge in [0.2, 0.25) is 0 Å². The minimum atomic E-state index is -0.726. The molecule has 0 aromatic rings. The number of allylic oxidation sites excluding steroid dienone is 2. The predicted molar refractivity (Wildman–Crippen MR) is 79.6 cm³/mol. The number of hydrogen-bond acceptors (Lipinski definition) is 5. The van der Waals surface area contributed by atoms with E-state index in [9.17, 15) is 4.79 Å². The number of carbonyl (C=O) groups is 1. The van der Waals surface area contributed by atoms with Gasteiger partial charge in [0.15, 0.2) is 12.1 Å². The minimum absolute atomic E-state index is 0.132. The number of unbranched alkanes of at least 4 members (excludes halogenated alkanes) is 1. The van der Waals surface area contributed by atoms with Gasteiger partial charge in [0.1, 0.15) is 0 Å². The molecule has 0 N–H and O–H groups in total. The van der Waals surface area contributed by atoms with Crippen molar-refractivity contribution in [1.82, 2.24) is 0 Å². The number of hydrogen-bond donors (Lipinski definition) is 0. The van der Waals surface area contributed by atoms with Crippen LogP contribution in [0, 0.1) is 0 Å². The molecular weight excluding hydrogens is 272 g/mol. The Morgan fingerprint density at radius 3 is 2.81 bits per heavy atom. The molecule has 1 aliphatic rings. The molecule has 0 aromatic heterocycles. The first kappa shape index (κ1) is 17.9. The fourth-order valence-corrected chi connectivity index (χ4v) is 2.12. The molecule has 5 nitrogen and oxygen atoms in total. The molecule has 0 radical (unpaired) electrons. The molecular formula is C16H26O5. The average Bonchev–Trinajstić information content (AvgIpc) is 2.80. The second-order valence-corrected chi connectivity index (χ2v) is 4.94. The molecule has 0 fully saturated rings. The van der Waals surface area contributed by atoms with Gasteiger partial charge in [-0.1, -0.05) is 12.2 Å². The molecule has 5 heteroatoms. The molecule has 0 saturated heterocycles. The highest BCUT2D eigenvalue weighted by Gasteiger charge is 2.37. The lowest BCUT2D eigenvalue weighted by Crippen LogP contribution is -2.31. The van der Waals surface area contributed by atoms with Gasteiger partial charge in [0.05, 0.1) is 6.61 Å². The fraction of sp³-hybridized carbons (Fsp3) is 0.688. The maximum Gasteiger partial charge on any atom is 0.305 e. The Kier molecular flexibility index (Phi) is 7.64. The number of rotatable bonds is 9. The zero-order chi connectivity index (χ0) is 15.7. The number of carbonyl (C=O) groups excluding carboxylic acids is 1. The van der Waals surface area contributed by atoms with Crippen LogP contribution in [0.5, 0.6) is 0 Å². The van der Waals surface area contributed by atoms with Gasteiger partial charge >= 0.3 is 5.97 Å². The van der Waals surface area contributed by atoms with E-state index in [-0.39, 0.29) is 12.3 Å². The SMILES string of the molecule is CCOC(=O)CCCC=CCC1=CC(OC)OC1(C)OC. The molecule has 120 valence electrons. The van der Waals surface area contributed by atoms with Crippen LogP contribution in [-0.4, -0.2) is 38.9 Å². The molecule has 0 bridgehead atoms. The first-order chi connectivity index (χ1) is 10.1. The van der Waals surface area contributed by atoms with Crippen LogP contribution < -0.4 is 0 Å². The van der Waals surface area contributed by atoms with E-state index in [4.69, 9.17) is 18.9 Å². The van der Waals surface area contributed by atoms with Gasteiger partial charge in [-0.15, -0.1) is 0 Å². The summed E-state index contributed by atoms with van der Waals surface area (Å²) in [6.45, 7) is 4.14. The summed E-state index contributed by atoms with van der Waals surface area (Å²) < 4.78 is 21.1. The number of ether oxygens (including phenoxy) is 4. The van der Waals surface area contributed by atoms with E-state index < -0.39 is 5.79 Å². The summed E-state index contributed by atoms with van der Waals surface area (Å²) in [6.07, 6.45) is 8.56. The number of esters is 1. The van der Waals surface area contributed by atoms with Gasteiger partial charge in [-0.2, -0.15) is 0 Å². The van der Waals surface area contributed by atoms with E-state index in [0.29, 0.717) is 13.0 Å². The molecule has 0 aromatic carbocycles. The van der Waals surface area contributed by atoms with Crippen LogP contribution in [0.15, 0.2) is 23.8 Å². The van der Waals surface area contributed by atoms with Gasteiger partial charge < -0.3 is 18.9 Å². The van der Waals surface area contributed by atoms with E-state index in [1.165, 1.54) is 0 Å². The Hall–Kier alpha value is -1.17. The van der Waals surface area contributed by atoms with Crippen LogP contribution in [0.3, 0.4) is 0 Å². The van der Waals surface area contributed by atoms with Crippen LogP contribution in [-0.2, 0) is 23.7 Å². The lowest BCUT2D eigenvalue weighted by Gasteiger charge is -2.26. The molecule has 1 heterocycles. The molecule has 1 rings (SSSR count). The average molecular weight is 298 g/mol. The smallest absolute Gasteiger partial charge is 0.305 e. The Morgan fingerprint density at radius 1 is 1.43 bits per heavy atom. The lowest BCUT2D eigenvalue weighted by molar-refractivity contribution is -0.237. The second-order valence-electron chi connectivity index (χ2n) is 4.94. The highest BCUT2D eigenvalue weighted by atomic mass is 16.8. The largest absolute Gasteiger partial charge is 0.466 e. The zero-order valence-electron chi connectivity index (χ0n) is 13.4. The van der Waals surface area contributed by atoms with Crippen molar-refractivity contribution < 1.29 is 23.7 Å². The lowest BCUT2D eigenvalue weighted by atomic mass is 10.0. The highest BCUT2D eigenvalue weighted by molar-refractivity contribution is 5.69. The Morgan fingerprint density at radius 2 is 2.19 bits per heavy atom. The molecule has 1 aliphatic heterocycles. The molecule has 2 unspecified atom stereocenters. The summed E-state index contributed by atoms with van der Waals surface area (Å²) in [5.74, 6) is -0.858. The Balaban J connectivity index is 2.33. The van der Waals surface area contributed by atoms with Gasteiger partial charge in [-0.25, -0.2) is 0 Å². The fourth-order valence-electron chi connectivity index (χ4n) is 2.12. The van der Waals surface area contributed by atoms with Crippen molar-refractivity contribution in [3.63, 3.8) is 0 Å². The monoisotopic (exact) mass is 298 g/mol. The van der Waals surface area contributed by atoms with E-state index in [0.717, 1.165) is 24.8 Å². The van der Waals surface area contributed by atoms with Crippen molar-refractivity contribution >= 4 is 5.97 Å². The first-order valence-corrected chi connectivity index (χ1v) is 7.33. The van der Waals surface area contributed by atoms with Gasteiger partial charge in [0, 0.05) is 20.6 Å². The van der Waals surface area contributed by atoms with Gasteiger partial charge in [0.25, 0.3) is 0 Å². The summed E-state index contributed by atoms with van der Waals surface area (Å²) in [4.78, 5) is 11.2. The molecule has 21 heavy (non-hydrogen) atoms. The van der Waals surface area contributed by atoms with Crippen LogP contribution in [0.1, 0.15) is 39.5 Å². The highest BCUT2D eigenvalue weighted by Crippen LogP contribution is 2.33. The summed E-state index contributed by atoms with van der Waals surface area (Å²) in [5.41, 5.74) is 1.04. The normalized spacial score (nSPS) is 25.3. The Labute approximate surface area is 126 Å². The third-order valence-electron chi connectivity index (χ3n) is 3.44. The molecule has 2 atom stereocenters. The summed E-state index contributed by atoms with van der Waals surface area (Å²) in [7, 11) is 3.22. The van der Waals surface area contributed by atoms with Crippen molar-refractivity contribution in [2.24, 2.45) is 0 Å². The van der Waals surface area contributed by atoms with Crippen LogP contribution in [0.25, 0.3) is 0 Å². The second kappa shape index (κ2) is 8.97. The van der Waals surface area contributed by atoms with Crippen LogP contribution in [0.4, 0.5) is 0 Å². The molecule has 0 amide bonds. The van der Waals surface area contributed by atoms with Crippen molar-refractivity contribution in [3.8, 4) is 0 Å². The van der Waals surface area contributed by atoms with Crippen molar-refractivity contribution in [1.29, 1.82) is 0 Å². The summed E-state index contributed by atoms with van der Waals surface area (Å²) in [6, 6.07) is 0. The third-order valence-corrected chi connectivity index (χ3v) is 3.44. The molecule has 0 aliphatic carbocycles. The zero-order valence-corrected chi connectivity index (χ0v) is 13.4. The predicted octanol–water partition coefficient (Wildman–Crippen LogP) is 2.96. The summed E-state index contributed by atoms with van der Waals surface area (Å²) in [5, 5.41) is 0. The van der Waals surface area contributed by atoms with Crippen molar-refractivity contribution in [2.75, 3.05) is 20.8 Å². The van der Waals surface area contributed by atoms with Crippen LogP contribution in [0.2, 0.25) is 0 Å². The maximum atomic E-state index is 11.2. The van der Waals surface area contributed by atoms with E-state index in [1.54, 1.807) is 14.2 Å².